The number of benzene rings is 1. The molecule has 0 saturated carbocycles. The zero-order valence-electron chi connectivity index (χ0n) is 11.4. The lowest BCUT2D eigenvalue weighted by Gasteiger charge is -2.30. The van der Waals surface area contributed by atoms with Gasteiger partial charge in [0.25, 0.3) is 0 Å². The minimum atomic E-state index is -3.71. The van der Waals surface area contributed by atoms with E-state index >= 15 is 0 Å². The van der Waals surface area contributed by atoms with Gasteiger partial charge in [-0.1, -0.05) is 6.07 Å². The summed E-state index contributed by atoms with van der Waals surface area (Å²) in [7, 11) is -2.42. The number of nitriles is 1. The Kier molecular flexibility index (Phi) is 4.88. The van der Waals surface area contributed by atoms with Crippen molar-refractivity contribution >= 4 is 27.8 Å². The Bertz CT molecular complexity index is 682. The molecule has 0 amide bonds. The summed E-state index contributed by atoms with van der Waals surface area (Å²) in [6, 6.07) is 7.78. The zero-order chi connectivity index (χ0) is 15.5. The Morgan fingerprint density at radius 3 is 2.95 bits per heavy atom. The molecule has 6 nitrogen and oxygen atoms in total. The molecule has 1 heterocycles. The predicted octanol–water partition coefficient (Wildman–Crippen LogP) is 0.837. The molecule has 1 aliphatic heterocycles. The zero-order valence-corrected chi connectivity index (χ0v) is 13.0. The smallest absolute Gasteiger partial charge is 0.320 e. The van der Waals surface area contributed by atoms with Crippen molar-refractivity contribution in [2.24, 2.45) is 0 Å². The Balaban J connectivity index is 2.26. The van der Waals surface area contributed by atoms with Crippen LogP contribution >= 0.6 is 11.8 Å². The Morgan fingerprint density at radius 2 is 2.29 bits per heavy atom. The van der Waals surface area contributed by atoms with Gasteiger partial charge >= 0.3 is 5.97 Å². The Hall–Kier alpha value is -1.56. The van der Waals surface area contributed by atoms with E-state index in [2.05, 4.69) is 4.74 Å². The van der Waals surface area contributed by atoms with Crippen molar-refractivity contribution < 1.29 is 17.9 Å². The second kappa shape index (κ2) is 6.47. The monoisotopic (exact) mass is 326 g/mol. The maximum absolute atomic E-state index is 12.6. The van der Waals surface area contributed by atoms with Gasteiger partial charge in [-0.3, -0.25) is 4.79 Å². The lowest BCUT2D eigenvalue weighted by atomic mass is 10.2. The van der Waals surface area contributed by atoms with Crippen molar-refractivity contribution in [2.45, 2.75) is 10.1 Å². The normalized spacial score (nSPS) is 19.7. The number of carbonyl (C=O) groups excluding carboxylic acids is 1. The van der Waals surface area contributed by atoms with E-state index in [1.807, 2.05) is 6.07 Å². The maximum atomic E-state index is 12.6. The molecule has 0 spiro atoms. The van der Waals surface area contributed by atoms with E-state index in [1.54, 1.807) is 6.07 Å². The van der Waals surface area contributed by atoms with Crippen LogP contribution in [0, 0.1) is 11.3 Å². The van der Waals surface area contributed by atoms with Crippen LogP contribution in [0.25, 0.3) is 0 Å². The molecule has 21 heavy (non-hydrogen) atoms. The Labute approximate surface area is 127 Å². The largest absolute Gasteiger partial charge is 0.468 e. The second-order valence-electron chi connectivity index (χ2n) is 4.39. The molecule has 8 heteroatoms. The van der Waals surface area contributed by atoms with E-state index in [0.29, 0.717) is 12.3 Å². The first-order valence-corrected chi connectivity index (χ1v) is 8.67. The summed E-state index contributed by atoms with van der Waals surface area (Å²) in [4.78, 5) is 11.6. The topological polar surface area (TPSA) is 87.5 Å². The van der Waals surface area contributed by atoms with E-state index in [4.69, 9.17) is 5.26 Å². The van der Waals surface area contributed by atoms with Crippen LogP contribution in [0.3, 0.4) is 0 Å². The molecular weight excluding hydrogens is 312 g/mol. The fourth-order valence-electron chi connectivity index (χ4n) is 1.99. The molecule has 1 saturated heterocycles. The van der Waals surface area contributed by atoms with Crippen LogP contribution in [0.5, 0.6) is 0 Å². The SMILES string of the molecule is COC(=O)[C@@H]1CN(S(=O)(=O)c2cccc(C#N)c2)CCS1. The number of esters is 1. The molecule has 0 aromatic heterocycles. The van der Waals surface area contributed by atoms with Crippen LogP contribution < -0.4 is 0 Å². The summed E-state index contributed by atoms with van der Waals surface area (Å²) in [6.07, 6.45) is 0. The van der Waals surface area contributed by atoms with Crippen molar-refractivity contribution in [1.29, 1.82) is 5.26 Å². The third-order valence-corrected chi connectivity index (χ3v) is 6.12. The van der Waals surface area contributed by atoms with E-state index < -0.39 is 21.2 Å². The van der Waals surface area contributed by atoms with Gasteiger partial charge in [0, 0.05) is 18.8 Å². The van der Waals surface area contributed by atoms with Gasteiger partial charge in [-0.15, -0.1) is 11.8 Å². The molecular formula is C13H14N2O4S2. The van der Waals surface area contributed by atoms with Gasteiger partial charge < -0.3 is 4.74 Å². The summed E-state index contributed by atoms with van der Waals surface area (Å²) < 4.78 is 31.1. The first kappa shape index (κ1) is 15.8. The van der Waals surface area contributed by atoms with Crippen LogP contribution in [-0.2, 0) is 19.6 Å². The first-order chi connectivity index (χ1) is 9.98. The van der Waals surface area contributed by atoms with Crippen molar-refractivity contribution in [2.75, 3.05) is 26.0 Å². The third-order valence-electron chi connectivity index (χ3n) is 3.09. The lowest BCUT2D eigenvalue weighted by Crippen LogP contribution is -2.44. The van der Waals surface area contributed by atoms with Gasteiger partial charge in [-0.05, 0) is 18.2 Å². The lowest BCUT2D eigenvalue weighted by molar-refractivity contribution is -0.140. The van der Waals surface area contributed by atoms with Crippen LogP contribution in [0.2, 0.25) is 0 Å². The number of ether oxygens (including phenoxy) is 1. The average molecular weight is 326 g/mol. The molecule has 0 bridgehead atoms. The number of sulfonamides is 1. The van der Waals surface area contributed by atoms with E-state index in [9.17, 15) is 13.2 Å². The van der Waals surface area contributed by atoms with Crippen LogP contribution in [-0.4, -0.2) is 49.9 Å². The fraction of sp³-hybridized carbons (Fsp3) is 0.385. The molecule has 2 rings (SSSR count). The van der Waals surface area contributed by atoms with Crippen LogP contribution in [0.15, 0.2) is 29.2 Å². The molecule has 1 atom stereocenters. The number of rotatable bonds is 3. The van der Waals surface area contributed by atoms with Gasteiger partial charge in [0.05, 0.1) is 23.6 Å². The van der Waals surface area contributed by atoms with Crippen molar-refractivity contribution in [3.63, 3.8) is 0 Å². The highest BCUT2D eigenvalue weighted by molar-refractivity contribution is 8.00. The first-order valence-electron chi connectivity index (χ1n) is 6.19. The molecule has 1 fully saturated rings. The number of nitrogens with zero attached hydrogens (tertiary/aromatic N) is 2. The molecule has 1 aromatic rings. The van der Waals surface area contributed by atoms with Gasteiger partial charge in [0.15, 0.2) is 0 Å². The fourth-order valence-corrected chi connectivity index (χ4v) is 4.83. The molecule has 0 radical (unpaired) electrons. The number of carbonyl (C=O) groups is 1. The Morgan fingerprint density at radius 1 is 1.52 bits per heavy atom. The van der Waals surface area contributed by atoms with E-state index in [1.165, 1.54) is 41.4 Å². The molecule has 1 aromatic carbocycles. The molecule has 112 valence electrons. The molecule has 0 N–H and O–H groups in total. The highest BCUT2D eigenvalue weighted by atomic mass is 32.2. The number of hydrogen-bond donors (Lipinski definition) is 0. The van der Waals surface area contributed by atoms with Gasteiger partial charge in [-0.25, -0.2) is 8.42 Å². The van der Waals surface area contributed by atoms with Crippen LogP contribution in [0.1, 0.15) is 5.56 Å². The highest BCUT2D eigenvalue weighted by Gasteiger charge is 2.34. The van der Waals surface area contributed by atoms with Gasteiger partial charge in [-0.2, -0.15) is 9.57 Å². The molecule has 1 aliphatic rings. The number of thioether (sulfide) groups is 1. The van der Waals surface area contributed by atoms with Gasteiger partial charge in [0.2, 0.25) is 10.0 Å². The summed E-state index contributed by atoms with van der Waals surface area (Å²) in [6.45, 7) is 0.410. The van der Waals surface area contributed by atoms with Crippen molar-refractivity contribution in [3.8, 4) is 6.07 Å². The van der Waals surface area contributed by atoms with Crippen LogP contribution in [0.4, 0.5) is 0 Å². The van der Waals surface area contributed by atoms with E-state index in [-0.39, 0.29) is 17.0 Å². The summed E-state index contributed by atoms with van der Waals surface area (Å²) in [5, 5.41) is 8.35. The van der Waals surface area contributed by atoms with Gasteiger partial charge in [0.1, 0.15) is 5.25 Å². The maximum Gasteiger partial charge on any atom is 0.320 e. The standard InChI is InChI=1S/C13H14N2O4S2/c1-19-13(16)12-9-15(5-6-20-12)21(17,18)11-4-2-3-10(7-11)8-14/h2-4,7,12H,5-6,9H2,1H3/t12-/m0/s1. The second-order valence-corrected chi connectivity index (χ2v) is 7.63. The quantitative estimate of drug-likeness (QED) is 0.765. The number of methoxy groups -OCH3 is 1. The molecule has 0 aliphatic carbocycles. The summed E-state index contributed by atoms with van der Waals surface area (Å²) in [5.74, 6) is 0.0994. The average Bonchev–Trinajstić information content (AvgIpc) is 2.54. The van der Waals surface area contributed by atoms with Crippen molar-refractivity contribution in [1.82, 2.24) is 4.31 Å². The predicted molar refractivity (Wildman–Crippen MR) is 78.2 cm³/mol. The summed E-state index contributed by atoms with van der Waals surface area (Å²) >= 11 is 1.39. The number of hydrogen-bond acceptors (Lipinski definition) is 6. The minimum absolute atomic E-state index is 0.0667. The molecule has 0 unspecified atom stereocenters. The minimum Gasteiger partial charge on any atom is -0.468 e. The van der Waals surface area contributed by atoms with E-state index in [0.717, 1.165) is 0 Å². The van der Waals surface area contributed by atoms with Crippen molar-refractivity contribution in [3.05, 3.63) is 29.8 Å². The third kappa shape index (κ3) is 3.37. The highest BCUT2D eigenvalue weighted by Crippen LogP contribution is 2.25. The summed E-state index contributed by atoms with van der Waals surface area (Å²) in [5.41, 5.74) is 0.284.